The van der Waals surface area contributed by atoms with Gasteiger partial charge in [0.15, 0.2) is 0 Å². The van der Waals surface area contributed by atoms with Gasteiger partial charge in [0.2, 0.25) is 21.8 Å². The molecule has 10 heteroatoms. The summed E-state index contributed by atoms with van der Waals surface area (Å²) in [6.45, 7) is 0.953. The van der Waals surface area contributed by atoms with Gasteiger partial charge < -0.3 is 10.1 Å². The first-order valence-corrected chi connectivity index (χ1v) is 12.2. The molecule has 0 saturated carbocycles. The minimum atomic E-state index is -3.68. The molecule has 2 aliphatic rings. The van der Waals surface area contributed by atoms with Crippen LogP contribution in [0.1, 0.15) is 42.5 Å². The Labute approximate surface area is 192 Å². The number of piperidine rings is 1. The molecule has 0 atom stereocenters. The summed E-state index contributed by atoms with van der Waals surface area (Å²) in [5.41, 5.74) is 0.921. The van der Waals surface area contributed by atoms with E-state index in [1.807, 2.05) is 0 Å². The summed E-state index contributed by atoms with van der Waals surface area (Å²) in [4.78, 5) is 37.8. The summed E-state index contributed by atoms with van der Waals surface area (Å²) in [6, 6.07) is 10.5. The largest absolute Gasteiger partial charge is 0.495 e. The molecule has 1 N–H and O–H groups in total. The SMILES string of the molecule is COc1ccc(S(=O)(=O)N2CCCCC2)cc1NC(=O)c1ccc(N2C(=O)CCC2=O)cc1. The normalized spacial score (nSPS) is 17.3. The van der Waals surface area contributed by atoms with E-state index in [2.05, 4.69) is 5.32 Å². The summed E-state index contributed by atoms with van der Waals surface area (Å²) in [5, 5.41) is 2.71. The number of carbonyl (C=O) groups excluding carboxylic acids is 3. The summed E-state index contributed by atoms with van der Waals surface area (Å²) in [5.74, 6) is -0.695. The lowest BCUT2D eigenvalue weighted by atomic mass is 10.1. The highest BCUT2D eigenvalue weighted by Gasteiger charge is 2.30. The van der Waals surface area contributed by atoms with Crippen molar-refractivity contribution < 1.29 is 27.5 Å². The van der Waals surface area contributed by atoms with Gasteiger partial charge in [-0.1, -0.05) is 6.42 Å². The second kappa shape index (κ2) is 9.32. The van der Waals surface area contributed by atoms with Gasteiger partial charge in [0.1, 0.15) is 5.75 Å². The maximum Gasteiger partial charge on any atom is 0.255 e. The zero-order chi connectivity index (χ0) is 23.6. The van der Waals surface area contributed by atoms with Gasteiger partial charge in [-0.2, -0.15) is 4.31 Å². The van der Waals surface area contributed by atoms with Crippen molar-refractivity contribution in [3.05, 3.63) is 48.0 Å². The van der Waals surface area contributed by atoms with Crippen LogP contribution in [-0.4, -0.2) is 50.6 Å². The molecule has 0 spiro atoms. The first-order valence-electron chi connectivity index (χ1n) is 10.8. The monoisotopic (exact) mass is 471 g/mol. The van der Waals surface area contributed by atoms with Gasteiger partial charge in [-0.15, -0.1) is 0 Å². The number of methoxy groups -OCH3 is 1. The predicted molar refractivity (Wildman–Crippen MR) is 122 cm³/mol. The van der Waals surface area contributed by atoms with E-state index in [1.54, 1.807) is 0 Å². The van der Waals surface area contributed by atoms with E-state index in [4.69, 9.17) is 4.74 Å². The van der Waals surface area contributed by atoms with Gasteiger partial charge in [-0.05, 0) is 55.3 Å². The molecule has 4 rings (SSSR count). The molecule has 0 aromatic heterocycles. The smallest absolute Gasteiger partial charge is 0.255 e. The maximum atomic E-state index is 13.0. The second-order valence-corrected chi connectivity index (χ2v) is 9.89. The number of ether oxygens (including phenoxy) is 1. The summed E-state index contributed by atoms with van der Waals surface area (Å²) >= 11 is 0. The van der Waals surface area contributed by atoms with E-state index < -0.39 is 15.9 Å². The maximum absolute atomic E-state index is 13.0. The molecule has 0 aliphatic carbocycles. The number of nitrogens with zero attached hydrogens (tertiary/aromatic N) is 2. The molecule has 2 heterocycles. The standard InChI is InChI=1S/C23H25N3O6S/c1-32-20-10-9-18(33(30,31)25-13-3-2-4-14-25)15-19(20)24-23(29)16-5-7-17(8-6-16)26-21(27)11-12-22(26)28/h5-10,15H,2-4,11-14H2,1H3,(H,24,29). The van der Waals surface area contributed by atoms with Gasteiger partial charge in [0.05, 0.1) is 23.4 Å². The average molecular weight is 472 g/mol. The molecule has 174 valence electrons. The fourth-order valence-electron chi connectivity index (χ4n) is 4.02. The Morgan fingerprint density at radius 3 is 2.18 bits per heavy atom. The number of carbonyl (C=O) groups is 3. The van der Waals surface area contributed by atoms with E-state index in [1.165, 1.54) is 53.9 Å². The van der Waals surface area contributed by atoms with Crippen molar-refractivity contribution in [3.8, 4) is 5.75 Å². The van der Waals surface area contributed by atoms with Gasteiger partial charge in [0.25, 0.3) is 5.91 Å². The number of nitrogens with one attached hydrogen (secondary N) is 1. The average Bonchev–Trinajstić information content (AvgIpc) is 3.17. The number of imide groups is 1. The number of amides is 3. The molecule has 2 aliphatic heterocycles. The van der Waals surface area contributed by atoms with Crippen molar-refractivity contribution in [2.24, 2.45) is 0 Å². The van der Waals surface area contributed by atoms with Crippen LogP contribution in [0.4, 0.5) is 11.4 Å². The van der Waals surface area contributed by atoms with Crippen molar-refractivity contribution in [2.75, 3.05) is 30.4 Å². The van der Waals surface area contributed by atoms with Crippen molar-refractivity contribution in [2.45, 2.75) is 37.0 Å². The quantitative estimate of drug-likeness (QED) is 0.648. The fourth-order valence-corrected chi connectivity index (χ4v) is 5.56. The van der Waals surface area contributed by atoms with Crippen LogP contribution in [0.25, 0.3) is 0 Å². The Morgan fingerprint density at radius 2 is 1.58 bits per heavy atom. The molecule has 0 unspecified atom stereocenters. The summed E-state index contributed by atoms with van der Waals surface area (Å²) in [7, 11) is -2.25. The molecule has 2 aromatic carbocycles. The summed E-state index contributed by atoms with van der Waals surface area (Å²) in [6.07, 6.45) is 3.01. The van der Waals surface area contributed by atoms with E-state index >= 15 is 0 Å². The molecule has 0 radical (unpaired) electrons. The van der Waals surface area contributed by atoms with Crippen molar-refractivity contribution in [1.29, 1.82) is 0 Å². The van der Waals surface area contributed by atoms with E-state index in [0.29, 0.717) is 24.5 Å². The molecule has 9 nitrogen and oxygen atoms in total. The van der Waals surface area contributed by atoms with Gasteiger partial charge in [-0.25, -0.2) is 8.42 Å². The number of sulfonamides is 1. The lowest BCUT2D eigenvalue weighted by Gasteiger charge is -2.26. The molecular weight excluding hydrogens is 446 g/mol. The van der Waals surface area contributed by atoms with E-state index in [9.17, 15) is 22.8 Å². The van der Waals surface area contributed by atoms with Crippen LogP contribution >= 0.6 is 0 Å². The number of rotatable bonds is 6. The third-order valence-electron chi connectivity index (χ3n) is 5.81. The van der Waals surface area contributed by atoms with Crippen LogP contribution in [0.5, 0.6) is 5.75 Å². The molecule has 2 aromatic rings. The highest BCUT2D eigenvalue weighted by atomic mass is 32.2. The van der Waals surface area contributed by atoms with Crippen molar-refractivity contribution in [1.82, 2.24) is 4.31 Å². The first kappa shape index (κ1) is 22.9. The van der Waals surface area contributed by atoms with Crippen molar-refractivity contribution >= 4 is 39.1 Å². The zero-order valence-corrected chi connectivity index (χ0v) is 19.1. The lowest BCUT2D eigenvalue weighted by Crippen LogP contribution is -2.35. The number of benzene rings is 2. The minimum Gasteiger partial charge on any atom is -0.495 e. The lowest BCUT2D eigenvalue weighted by molar-refractivity contribution is -0.121. The van der Waals surface area contributed by atoms with Crippen molar-refractivity contribution in [3.63, 3.8) is 0 Å². The number of anilines is 2. The highest BCUT2D eigenvalue weighted by molar-refractivity contribution is 7.89. The topological polar surface area (TPSA) is 113 Å². The molecular formula is C23H25N3O6S. The Bertz CT molecular complexity index is 1170. The molecule has 33 heavy (non-hydrogen) atoms. The van der Waals surface area contributed by atoms with Crippen LogP contribution < -0.4 is 15.0 Å². The molecule has 2 saturated heterocycles. The fraction of sp³-hybridized carbons (Fsp3) is 0.348. The number of hydrogen-bond donors (Lipinski definition) is 1. The number of hydrogen-bond acceptors (Lipinski definition) is 6. The van der Waals surface area contributed by atoms with Crippen LogP contribution in [0.15, 0.2) is 47.4 Å². The van der Waals surface area contributed by atoms with Crippen LogP contribution in [0, 0.1) is 0 Å². The van der Waals surface area contributed by atoms with Gasteiger partial charge >= 0.3 is 0 Å². The molecule has 2 fully saturated rings. The Hall–Kier alpha value is -3.24. The Balaban J connectivity index is 1.55. The third-order valence-corrected chi connectivity index (χ3v) is 7.71. The first-order chi connectivity index (χ1) is 15.8. The van der Waals surface area contributed by atoms with E-state index in [-0.39, 0.29) is 40.8 Å². The molecule has 3 amide bonds. The third kappa shape index (κ3) is 4.62. The van der Waals surface area contributed by atoms with Gasteiger partial charge in [-0.3, -0.25) is 19.3 Å². The minimum absolute atomic E-state index is 0.0851. The van der Waals surface area contributed by atoms with Gasteiger partial charge in [0, 0.05) is 31.5 Å². The van der Waals surface area contributed by atoms with Crippen LogP contribution in [0.3, 0.4) is 0 Å². The Morgan fingerprint density at radius 1 is 0.939 bits per heavy atom. The Kier molecular flexibility index (Phi) is 6.48. The van der Waals surface area contributed by atoms with Crippen LogP contribution in [0.2, 0.25) is 0 Å². The highest BCUT2D eigenvalue weighted by Crippen LogP contribution is 2.30. The summed E-state index contributed by atoms with van der Waals surface area (Å²) < 4.78 is 32.8. The van der Waals surface area contributed by atoms with Crippen LogP contribution in [-0.2, 0) is 19.6 Å². The predicted octanol–water partition coefficient (Wildman–Crippen LogP) is 2.78. The second-order valence-electron chi connectivity index (χ2n) is 7.95. The zero-order valence-electron chi connectivity index (χ0n) is 18.2. The molecule has 0 bridgehead atoms. The van der Waals surface area contributed by atoms with E-state index in [0.717, 1.165) is 24.2 Å².